The third-order valence-corrected chi connectivity index (χ3v) is 3.47. The molecule has 0 N–H and O–H groups in total. The van der Waals surface area contributed by atoms with Crippen LogP contribution in [0.2, 0.25) is 5.15 Å². The van der Waals surface area contributed by atoms with Gasteiger partial charge in [0.15, 0.2) is 5.15 Å². The molecule has 0 bridgehead atoms. The molecule has 2 heterocycles. The molecular formula is C10H8ClF3N2S. The Balaban J connectivity index is 2.62. The van der Waals surface area contributed by atoms with Crippen LogP contribution in [0.5, 0.6) is 0 Å². The van der Waals surface area contributed by atoms with Crippen molar-refractivity contribution in [1.82, 2.24) is 9.38 Å². The molecule has 0 unspecified atom stereocenters. The predicted octanol–water partition coefficient (Wildman–Crippen LogP) is 4.12. The average molecular weight is 281 g/mol. The Morgan fingerprint density at radius 3 is 2.71 bits per heavy atom. The van der Waals surface area contributed by atoms with Crippen molar-refractivity contribution in [3.8, 4) is 0 Å². The lowest BCUT2D eigenvalue weighted by molar-refractivity contribution is -0.137. The summed E-state index contributed by atoms with van der Waals surface area (Å²) in [6.07, 6.45) is -3.34. The zero-order chi connectivity index (χ0) is 12.6. The van der Waals surface area contributed by atoms with Crippen molar-refractivity contribution in [2.45, 2.75) is 18.1 Å². The second-order valence-electron chi connectivity index (χ2n) is 3.28. The quantitative estimate of drug-likeness (QED) is 0.770. The normalized spacial score (nSPS) is 12.3. The highest BCUT2D eigenvalue weighted by Gasteiger charge is 2.31. The van der Waals surface area contributed by atoms with E-state index < -0.39 is 11.7 Å². The van der Waals surface area contributed by atoms with Crippen LogP contribution in [0.15, 0.2) is 23.4 Å². The van der Waals surface area contributed by atoms with E-state index in [-0.39, 0.29) is 5.15 Å². The first kappa shape index (κ1) is 12.6. The van der Waals surface area contributed by atoms with Crippen LogP contribution in [0, 0.1) is 0 Å². The Kier molecular flexibility index (Phi) is 3.27. The van der Waals surface area contributed by atoms with Gasteiger partial charge in [0.25, 0.3) is 0 Å². The van der Waals surface area contributed by atoms with E-state index >= 15 is 0 Å². The molecule has 0 spiro atoms. The summed E-state index contributed by atoms with van der Waals surface area (Å²) in [6, 6.07) is 2.31. The Labute approximate surface area is 105 Å². The van der Waals surface area contributed by atoms with Gasteiger partial charge >= 0.3 is 6.18 Å². The first-order valence-corrected chi connectivity index (χ1v) is 6.17. The highest BCUT2D eigenvalue weighted by Crippen LogP contribution is 2.32. The molecule has 2 aromatic rings. The first-order valence-electron chi connectivity index (χ1n) is 4.81. The van der Waals surface area contributed by atoms with Crippen molar-refractivity contribution < 1.29 is 13.2 Å². The predicted molar refractivity (Wildman–Crippen MR) is 61.6 cm³/mol. The zero-order valence-electron chi connectivity index (χ0n) is 8.75. The van der Waals surface area contributed by atoms with Gasteiger partial charge in [-0.1, -0.05) is 18.5 Å². The Morgan fingerprint density at radius 1 is 1.41 bits per heavy atom. The van der Waals surface area contributed by atoms with Crippen molar-refractivity contribution in [3.63, 3.8) is 0 Å². The van der Waals surface area contributed by atoms with Gasteiger partial charge in [-0.2, -0.15) is 13.2 Å². The summed E-state index contributed by atoms with van der Waals surface area (Å²) < 4.78 is 39.1. The summed E-state index contributed by atoms with van der Waals surface area (Å²) in [5, 5.41) is 0.770. The lowest BCUT2D eigenvalue weighted by Gasteiger charge is -2.07. The van der Waals surface area contributed by atoms with Gasteiger partial charge in [0.2, 0.25) is 0 Å². The fourth-order valence-electron chi connectivity index (χ4n) is 1.43. The zero-order valence-corrected chi connectivity index (χ0v) is 10.3. The molecule has 2 rings (SSSR count). The third kappa shape index (κ3) is 2.37. The van der Waals surface area contributed by atoms with Gasteiger partial charge in [0.1, 0.15) is 10.7 Å². The van der Waals surface area contributed by atoms with Crippen LogP contribution in [-0.4, -0.2) is 15.1 Å². The molecule has 2 nitrogen and oxygen atoms in total. The number of pyridine rings is 1. The summed E-state index contributed by atoms with van der Waals surface area (Å²) in [6.45, 7) is 1.90. The Morgan fingerprint density at radius 2 is 2.12 bits per heavy atom. The largest absolute Gasteiger partial charge is 0.417 e. The van der Waals surface area contributed by atoms with Crippen LogP contribution in [0.25, 0.3) is 5.65 Å². The summed E-state index contributed by atoms with van der Waals surface area (Å²) in [5.41, 5.74) is -0.295. The van der Waals surface area contributed by atoms with Crippen molar-refractivity contribution in [2.75, 3.05) is 5.75 Å². The maximum absolute atomic E-state index is 12.6. The molecule has 0 fully saturated rings. The van der Waals surface area contributed by atoms with Gasteiger partial charge in [-0.05, 0) is 17.9 Å². The van der Waals surface area contributed by atoms with E-state index in [0.29, 0.717) is 16.4 Å². The van der Waals surface area contributed by atoms with Crippen molar-refractivity contribution in [1.29, 1.82) is 0 Å². The smallest absolute Gasteiger partial charge is 0.293 e. The summed E-state index contributed by atoms with van der Waals surface area (Å²) in [5.74, 6) is 0.712. The number of fused-ring (bicyclic) bond motifs is 1. The van der Waals surface area contributed by atoms with E-state index in [2.05, 4.69) is 4.98 Å². The van der Waals surface area contributed by atoms with Crippen molar-refractivity contribution in [3.05, 3.63) is 29.0 Å². The molecule has 0 radical (unpaired) electrons. The molecule has 7 heteroatoms. The maximum atomic E-state index is 12.6. The number of alkyl halides is 3. The fourth-order valence-corrected chi connectivity index (χ4v) is 2.49. The van der Waals surface area contributed by atoms with Crippen molar-refractivity contribution >= 4 is 29.0 Å². The Bertz CT molecular complexity index is 550. The second kappa shape index (κ2) is 4.42. The number of hydrogen-bond donors (Lipinski definition) is 0. The van der Waals surface area contributed by atoms with Gasteiger partial charge in [-0.15, -0.1) is 11.8 Å². The maximum Gasteiger partial charge on any atom is 0.417 e. The van der Waals surface area contributed by atoms with E-state index in [4.69, 9.17) is 11.6 Å². The molecule has 0 atom stereocenters. The summed E-state index contributed by atoms with van der Waals surface area (Å²) >= 11 is 7.24. The second-order valence-corrected chi connectivity index (χ2v) is 4.90. The Hall–Kier alpha value is -0.880. The molecule has 0 aliphatic heterocycles. The number of aromatic nitrogens is 2. The molecule has 0 saturated heterocycles. The van der Waals surface area contributed by atoms with E-state index in [1.54, 1.807) is 0 Å². The monoisotopic (exact) mass is 280 g/mol. The highest BCUT2D eigenvalue weighted by atomic mass is 35.5. The molecule has 0 aliphatic rings. The molecule has 0 amide bonds. The molecule has 92 valence electrons. The molecule has 2 aromatic heterocycles. The van der Waals surface area contributed by atoms with Crippen LogP contribution in [-0.2, 0) is 6.18 Å². The minimum Gasteiger partial charge on any atom is -0.293 e. The molecule has 0 saturated carbocycles. The van der Waals surface area contributed by atoms with E-state index in [1.165, 1.54) is 22.2 Å². The highest BCUT2D eigenvalue weighted by molar-refractivity contribution is 7.99. The number of thioether (sulfide) groups is 1. The number of rotatable bonds is 2. The molecule has 17 heavy (non-hydrogen) atoms. The molecular weight excluding hydrogens is 273 g/mol. The van der Waals surface area contributed by atoms with Gasteiger partial charge in [-0.25, -0.2) is 4.98 Å². The van der Waals surface area contributed by atoms with Crippen LogP contribution in [0.4, 0.5) is 13.2 Å². The number of imidazole rings is 1. The standard InChI is InChI=1S/C10H8ClF3N2S/c1-2-17-9-8(11)15-7-4-3-6(5-16(7)9)10(12,13)14/h3-5H,2H2,1H3. The van der Waals surface area contributed by atoms with Crippen LogP contribution >= 0.6 is 23.4 Å². The van der Waals surface area contributed by atoms with E-state index in [9.17, 15) is 13.2 Å². The minimum atomic E-state index is -4.36. The SMILES string of the molecule is CCSc1c(Cl)nc2ccc(C(F)(F)F)cn12. The third-order valence-electron chi connectivity index (χ3n) is 2.14. The number of halogens is 4. The summed E-state index contributed by atoms with van der Waals surface area (Å²) in [7, 11) is 0. The van der Waals surface area contributed by atoms with Crippen LogP contribution in [0.3, 0.4) is 0 Å². The fraction of sp³-hybridized carbons (Fsp3) is 0.300. The van der Waals surface area contributed by atoms with Crippen LogP contribution < -0.4 is 0 Å². The number of hydrogen-bond acceptors (Lipinski definition) is 2. The number of nitrogens with zero attached hydrogens (tertiary/aromatic N) is 2. The van der Waals surface area contributed by atoms with Gasteiger partial charge in [0.05, 0.1) is 5.56 Å². The first-order chi connectivity index (χ1) is 7.93. The summed E-state index contributed by atoms with van der Waals surface area (Å²) in [4.78, 5) is 4.00. The van der Waals surface area contributed by atoms with E-state index in [0.717, 1.165) is 12.3 Å². The molecule has 0 aliphatic carbocycles. The molecule has 0 aromatic carbocycles. The van der Waals surface area contributed by atoms with Crippen LogP contribution in [0.1, 0.15) is 12.5 Å². The average Bonchev–Trinajstić information content (AvgIpc) is 2.54. The van der Waals surface area contributed by atoms with Gasteiger partial charge < -0.3 is 0 Å². The lowest BCUT2D eigenvalue weighted by atomic mass is 10.3. The topological polar surface area (TPSA) is 17.3 Å². The minimum absolute atomic E-state index is 0.233. The van der Waals surface area contributed by atoms with E-state index in [1.807, 2.05) is 6.92 Å². The van der Waals surface area contributed by atoms with Gasteiger partial charge in [-0.3, -0.25) is 4.40 Å². The lowest BCUT2D eigenvalue weighted by Crippen LogP contribution is -2.06. The van der Waals surface area contributed by atoms with Gasteiger partial charge in [0, 0.05) is 6.20 Å². The van der Waals surface area contributed by atoms with Crippen molar-refractivity contribution in [2.24, 2.45) is 0 Å².